The van der Waals surface area contributed by atoms with Gasteiger partial charge in [-0.15, -0.1) is 0 Å². The summed E-state index contributed by atoms with van der Waals surface area (Å²) in [7, 11) is 2.18. The number of likely N-dealkylation sites (tertiary alicyclic amines) is 1. The summed E-state index contributed by atoms with van der Waals surface area (Å²) in [6.07, 6.45) is 3.60. The van der Waals surface area contributed by atoms with Gasteiger partial charge in [0.1, 0.15) is 0 Å². The van der Waals surface area contributed by atoms with Crippen molar-refractivity contribution in [3.63, 3.8) is 0 Å². The van der Waals surface area contributed by atoms with Crippen molar-refractivity contribution in [3.05, 3.63) is 0 Å². The molecule has 2 saturated heterocycles. The maximum absolute atomic E-state index is 5.61. The van der Waals surface area contributed by atoms with Gasteiger partial charge in [-0.3, -0.25) is 0 Å². The first kappa shape index (κ1) is 9.44. The Labute approximate surface area is 80.0 Å². The van der Waals surface area contributed by atoms with Crippen molar-refractivity contribution in [1.82, 2.24) is 4.90 Å². The quantitative estimate of drug-likeness (QED) is 0.610. The molecule has 0 atom stereocenters. The van der Waals surface area contributed by atoms with Crippen molar-refractivity contribution in [2.45, 2.75) is 25.6 Å². The minimum absolute atomic E-state index is 0.0995. The van der Waals surface area contributed by atoms with Crippen LogP contribution in [0.15, 0.2) is 0 Å². The highest BCUT2D eigenvalue weighted by atomic mass is 16.7. The summed E-state index contributed by atoms with van der Waals surface area (Å²) < 4.78 is 11.2. The molecule has 0 saturated carbocycles. The van der Waals surface area contributed by atoms with Crippen molar-refractivity contribution < 1.29 is 9.47 Å². The van der Waals surface area contributed by atoms with E-state index in [0.717, 1.165) is 19.6 Å². The summed E-state index contributed by atoms with van der Waals surface area (Å²) in [6, 6.07) is 0. The first-order valence-electron chi connectivity index (χ1n) is 5.28. The van der Waals surface area contributed by atoms with Crippen LogP contribution in [0.1, 0.15) is 19.3 Å². The van der Waals surface area contributed by atoms with Crippen LogP contribution in [-0.2, 0) is 9.47 Å². The van der Waals surface area contributed by atoms with E-state index in [2.05, 4.69) is 11.9 Å². The minimum atomic E-state index is 0.0995. The Morgan fingerprint density at radius 2 is 1.69 bits per heavy atom. The van der Waals surface area contributed by atoms with E-state index in [9.17, 15) is 0 Å². The molecule has 3 nitrogen and oxygen atoms in total. The van der Waals surface area contributed by atoms with Crippen LogP contribution in [0.25, 0.3) is 0 Å². The van der Waals surface area contributed by atoms with E-state index in [1.54, 1.807) is 0 Å². The molecule has 3 heteroatoms. The Kier molecular flexibility index (Phi) is 3.19. The Hall–Kier alpha value is -0.120. The Bertz CT molecular complexity index is 149. The number of rotatable bonds is 1. The molecule has 0 radical (unpaired) electrons. The molecule has 2 fully saturated rings. The van der Waals surface area contributed by atoms with Crippen LogP contribution in [0.3, 0.4) is 0 Å². The lowest BCUT2D eigenvalue weighted by atomic mass is 9.96. The summed E-state index contributed by atoms with van der Waals surface area (Å²) in [5.74, 6) is 0.636. The van der Waals surface area contributed by atoms with Crippen molar-refractivity contribution in [3.8, 4) is 0 Å². The van der Waals surface area contributed by atoms with E-state index in [-0.39, 0.29) is 6.29 Å². The third-order valence-corrected chi connectivity index (χ3v) is 3.00. The van der Waals surface area contributed by atoms with Gasteiger partial charge in [0.05, 0.1) is 13.2 Å². The molecule has 13 heavy (non-hydrogen) atoms. The number of hydrogen-bond acceptors (Lipinski definition) is 3. The number of ether oxygens (including phenoxy) is 2. The lowest BCUT2D eigenvalue weighted by molar-refractivity contribution is -0.210. The first-order chi connectivity index (χ1) is 6.36. The molecule has 2 aliphatic rings. The Morgan fingerprint density at radius 3 is 2.31 bits per heavy atom. The smallest absolute Gasteiger partial charge is 0.160 e. The molecule has 2 heterocycles. The summed E-state index contributed by atoms with van der Waals surface area (Å²) in [5, 5.41) is 0. The standard InChI is InChI=1S/C10H19NO2/c1-11-5-3-9(4-6-11)10-12-7-2-8-13-10/h9-10H,2-8H2,1H3. The number of hydrogen-bond donors (Lipinski definition) is 0. The van der Waals surface area contributed by atoms with Gasteiger partial charge in [-0.1, -0.05) is 0 Å². The highest BCUT2D eigenvalue weighted by Crippen LogP contribution is 2.24. The zero-order chi connectivity index (χ0) is 9.10. The molecule has 0 N–H and O–H groups in total. The van der Waals surface area contributed by atoms with Crippen molar-refractivity contribution in [2.24, 2.45) is 5.92 Å². The van der Waals surface area contributed by atoms with Gasteiger partial charge in [0.25, 0.3) is 0 Å². The van der Waals surface area contributed by atoms with Gasteiger partial charge < -0.3 is 14.4 Å². The maximum atomic E-state index is 5.61. The van der Waals surface area contributed by atoms with Gasteiger partial charge in [-0.2, -0.15) is 0 Å². The first-order valence-corrected chi connectivity index (χ1v) is 5.28. The summed E-state index contributed by atoms with van der Waals surface area (Å²) >= 11 is 0. The SMILES string of the molecule is CN1CCC(C2OCCCO2)CC1. The van der Waals surface area contributed by atoms with E-state index >= 15 is 0 Å². The van der Waals surface area contributed by atoms with E-state index in [1.165, 1.54) is 25.9 Å². The van der Waals surface area contributed by atoms with Gasteiger partial charge in [0.15, 0.2) is 6.29 Å². The summed E-state index contributed by atoms with van der Waals surface area (Å²) in [6.45, 7) is 4.15. The van der Waals surface area contributed by atoms with Crippen LogP contribution in [0.4, 0.5) is 0 Å². The number of piperidine rings is 1. The fraction of sp³-hybridized carbons (Fsp3) is 1.00. The second-order valence-corrected chi connectivity index (χ2v) is 4.10. The highest BCUT2D eigenvalue weighted by Gasteiger charge is 2.27. The minimum Gasteiger partial charge on any atom is -0.352 e. The molecular weight excluding hydrogens is 166 g/mol. The van der Waals surface area contributed by atoms with Crippen LogP contribution in [0.2, 0.25) is 0 Å². The topological polar surface area (TPSA) is 21.7 Å². The van der Waals surface area contributed by atoms with Crippen molar-refractivity contribution in [1.29, 1.82) is 0 Å². The van der Waals surface area contributed by atoms with Gasteiger partial charge in [-0.25, -0.2) is 0 Å². The molecule has 0 aromatic carbocycles. The molecule has 2 aliphatic heterocycles. The van der Waals surface area contributed by atoms with Gasteiger partial charge in [0, 0.05) is 5.92 Å². The maximum Gasteiger partial charge on any atom is 0.160 e. The lowest BCUT2D eigenvalue weighted by Crippen LogP contribution is -2.39. The predicted molar refractivity (Wildman–Crippen MR) is 50.5 cm³/mol. The number of nitrogens with zero attached hydrogens (tertiary/aromatic N) is 1. The molecule has 0 amide bonds. The second-order valence-electron chi connectivity index (χ2n) is 4.10. The van der Waals surface area contributed by atoms with Crippen LogP contribution >= 0.6 is 0 Å². The third-order valence-electron chi connectivity index (χ3n) is 3.00. The van der Waals surface area contributed by atoms with Gasteiger partial charge in [-0.05, 0) is 39.4 Å². The van der Waals surface area contributed by atoms with E-state index < -0.39 is 0 Å². The average molecular weight is 185 g/mol. The molecule has 0 aromatic rings. The van der Waals surface area contributed by atoms with E-state index in [1.807, 2.05) is 0 Å². The lowest BCUT2D eigenvalue weighted by Gasteiger charge is -2.35. The Balaban J connectivity index is 1.79. The van der Waals surface area contributed by atoms with Gasteiger partial charge >= 0.3 is 0 Å². The van der Waals surface area contributed by atoms with Crippen LogP contribution in [-0.4, -0.2) is 44.5 Å². The fourth-order valence-electron chi connectivity index (χ4n) is 2.08. The molecule has 0 aliphatic carbocycles. The van der Waals surface area contributed by atoms with Crippen molar-refractivity contribution >= 4 is 0 Å². The van der Waals surface area contributed by atoms with Crippen LogP contribution < -0.4 is 0 Å². The van der Waals surface area contributed by atoms with E-state index in [4.69, 9.17) is 9.47 Å². The van der Waals surface area contributed by atoms with Crippen LogP contribution in [0, 0.1) is 5.92 Å². The predicted octanol–water partition coefficient (Wildman–Crippen LogP) is 1.09. The highest BCUT2D eigenvalue weighted by molar-refractivity contribution is 4.73. The molecule has 2 rings (SSSR count). The molecule has 0 unspecified atom stereocenters. The summed E-state index contributed by atoms with van der Waals surface area (Å²) in [5.41, 5.74) is 0. The molecule has 0 aromatic heterocycles. The normalized spacial score (nSPS) is 29.3. The van der Waals surface area contributed by atoms with Crippen LogP contribution in [0.5, 0.6) is 0 Å². The van der Waals surface area contributed by atoms with Crippen molar-refractivity contribution in [2.75, 3.05) is 33.4 Å². The molecule has 0 bridgehead atoms. The molecule has 76 valence electrons. The molecular formula is C10H19NO2. The monoisotopic (exact) mass is 185 g/mol. The molecule has 0 spiro atoms. The largest absolute Gasteiger partial charge is 0.352 e. The zero-order valence-electron chi connectivity index (χ0n) is 8.37. The average Bonchev–Trinajstić information content (AvgIpc) is 2.20. The zero-order valence-corrected chi connectivity index (χ0v) is 8.37. The Morgan fingerprint density at radius 1 is 1.08 bits per heavy atom. The summed E-state index contributed by atoms with van der Waals surface area (Å²) in [4.78, 5) is 2.37. The van der Waals surface area contributed by atoms with E-state index in [0.29, 0.717) is 5.92 Å². The fourth-order valence-corrected chi connectivity index (χ4v) is 2.08. The third kappa shape index (κ3) is 2.42. The van der Waals surface area contributed by atoms with Gasteiger partial charge in [0.2, 0.25) is 0 Å². The second kappa shape index (κ2) is 4.40.